The van der Waals surface area contributed by atoms with Crippen LogP contribution in [0.1, 0.15) is 24.8 Å². The molecule has 0 fully saturated rings. The van der Waals surface area contributed by atoms with E-state index in [2.05, 4.69) is 5.32 Å². The molecule has 0 heterocycles. The van der Waals surface area contributed by atoms with Gasteiger partial charge in [0.25, 0.3) is 0 Å². The Morgan fingerprint density at radius 2 is 1.90 bits per heavy atom. The maximum Gasteiger partial charge on any atom is 0.305 e. The molecular formula is C14H20N2O4. The van der Waals surface area contributed by atoms with Crippen LogP contribution in [0, 0.1) is 0 Å². The molecule has 110 valence electrons. The van der Waals surface area contributed by atoms with Crippen LogP contribution in [0.15, 0.2) is 30.3 Å². The largest absolute Gasteiger partial charge is 0.481 e. The zero-order valence-corrected chi connectivity index (χ0v) is 11.3. The Kier molecular flexibility index (Phi) is 6.14. The molecule has 1 amide bonds. The number of carbonyl (C=O) groups is 2. The fourth-order valence-corrected chi connectivity index (χ4v) is 1.89. The second-order valence-electron chi connectivity index (χ2n) is 4.70. The Labute approximate surface area is 117 Å². The van der Waals surface area contributed by atoms with Crippen LogP contribution in [0.25, 0.3) is 0 Å². The average molecular weight is 280 g/mol. The van der Waals surface area contributed by atoms with Gasteiger partial charge in [0.05, 0.1) is 25.1 Å². The Bertz CT molecular complexity index is 450. The van der Waals surface area contributed by atoms with Crippen molar-refractivity contribution in [3.8, 4) is 0 Å². The summed E-state index contributed by atoms with van der Waals surface area (Å²) in [7, 11) is 0. The first kappa shape index (κ1) is 16.1. The monoisotopic (exact) mass is 280 g/mol. The van der Waals surface area contributed by atoms with Gasteiger partial charge in [-0.1, -0.05) is 37.3 Å². The van der Waals surface area contributed by atoms with Gasteiger partial charge in [0, 0.05) is 5.92 Å². The molecule has 1 aromatic carbocycles. The zero-order valence-electron chi connectivity index (χ0n) is 11.3. The third-order valence-electron chi connectivity index (χ3n) is 3.18. The highest BCUT2D eigenvalue weighted by Crippen LogP contribution is 2.18. The minimum atomic E-state index is -1.13. The summed E-state index contributed by atoms with van der Waals surface area (Å²) in [6.07, 6.45) is -0.441. The molecule has 6 heteroatoms. The van der Waals surface area contributed by atoms with Crippen molar-refractivity contribution < 1.29 is 19.8 Å². The Morgan fingerprint density at radius 1 is 1.30 bits per heavy atom. The van der Waals surface area contributed by atoms with Crippen molar-refractivity contribution in [2.24, 2.45) is 5.73 Å². The molecule has 1 rings (SSSR count). The molecule has 6 nitrogen and oxygen atoms in total. The maximum atomic E-state index is 11.8. The van der Waals surface area contributed by atoms with Crippen molar-refractivity contribution in [3.63, 3.8) is 0 Å². The lowest BCUT2D eigenvalue weighted by Crippen LogP contribution is -2.49. The molecule has 0 saturated heterocycles. The lowest BCUT2D eigenvalue weighted by molar-refractivity contribution is -0.139. The smallest absolute Gasteiger partial charge is 0.305 e. The number of carboxylic acids is 1. The predicted molar refractivity (Wildman–Crippen MR) is 74.1 cm³/mol. The minimum Gasteiger partial charge on any atom is -0.481 e. The zero-order chi connectivity index (χ0) is 15.1. The molecule has 3 atom stereocenters. The quantitative estimate of drug-likeness (QED) is 0.564. The molecule has 0 aliphatic heterocycles. The highest BCUT2D eigenvalue weighted by molar-refractivity contribution is 5.86. The van der Waals surface area contributed by atoms with Gasteiger partial charge >= 0.3 is 5.97 Å². The number of nitrogens with two attached hydrogens (primary N) is 1. The fraction of sp³-hybridized carbons (Fsp3) is 0.429. The predicted octanol–water partition coefficient (Wildman–Crippen LogP) is 0.0692. The third-order valence-corrected chi connectivity index (χ3v) is 3.18. The Hall–Kier alpha value is -1.92. The van der Waals surface area contributed by atoms with Crippen LogP contribution in [-0.4, -0.2) is 40.8 Å². The van der Waals surface area contributed by atoms with Crippen molar-refractivity contribution >= 4 is 11.9 Å². The Balaban J connectivity index is 2.67. The summed E-state index contributed by atoms with van der Waals surface area (Å²) in [5, 5.41) is 20.6. The second kappa shape index (κ2) is 7.62. The number of hydrogen-bond donors (Lipinski definition) is 4. The maximum absolute atomic E-state index is 11.8. The van der Waals surface area contributed by atoms with Crippen molar-refractivity contribution in [1.29, 1.82) is 0 Å². The molecule has 2 unspecified atom stereocenters. The van der Waals surface area contributed by atoms with E-state index in [4.69, 9.17) is 10.8 Å². The first-order chi connectivity index (χ1) is 9.45. The van der Waals surface area contributed by atoms with Crippen LogP contribution in [0.5, 0.6) is 0 Å². The number of nitrogens with one attached hydrogen (secondary N) is 1. The van der Waals surface area contributed by atoms with E-state index in [9.17, 15) is 14.7 Å². The standard InChI is InChI=1S/C14H20N2O4/c1-9(10-5-3-2-4-6-10)12(8-17)16-14(20)11(15)7-13(18)19/h2-6,9,11-12,17H,7-8,15H2,1H3,(H,16,20)(H,18,19)/t9?,11-,12?/m0/s1. The van der Waals surface area contributed by atoms with Gasteiger partial charge in [0.15, 0.2) is 0 Å². The summed E-state index contributed by atoms with van der Waals surface area (Å²) in [5.74, 6) is -1.82. The molecule has 0 aliphatic carbocycles. The van der Waals surface area contributed by atoms with E-state index >= 15 is 0 Å². The van der Waals surface area contributed by atoms with Gasteiger partial charge in [0.2, 0.25) is 5.91 Å². The molecular weight excluding hydrogens is 260 g/mol. The number of amides is 1. The van der Waals surface area contributed by atoms with E-state index in [-0.39, 0.29) is 12.5 Å². The van der Waals surface area contributed by atoms with E-state index in [0.29, 0.717) is 0 Å². The van der Waals surface area contributed by atoms with Crippen molar-refractivity contribution in [2.75, 3.05) is 6.61 Å². The number of aliphatic hydroxyl groups is 1. The van der Waals surface area contributed by atoms with Crippen LogP contribution in [0.2, 0.25) is 0 Å². The molecule has 0 bridgehead atoms. The summed E-state index contributed by atoms with van der Waals surface area (Å²) in [6.45, 7) is 1.63. The normalized spacial score (nSPS) is 15.2. The molecule has 1 aromatic rings. The first-order valence-electron chi connectivity index (χ1n) is 6.39. The average Bonchev–Trinajstić information content (AvgIpc) is 2.43. The van der Waals surface area contributed by atoms with Gasteiger partial charge in [-0.15, -0.1) is 0 Å². The number of benzene rings is 1. The van der Waals surface area contributed by atoms with E-state index in [1.807, 2.05) is 37.3 Å². The topological polar surface area (TPSA) is 113 Å². The fourth-order valence-electron chi connectivity index (χ4n) is 1.89. The number of aliphatic hydroxyl groups excluding tert-OH is 1. The van der Waals surface area contributed by atoms with Gasteiger partial charge in [-0.25, -0.2) is 0 Å². The summed E-state index contributed by atoms with van der Waals surface area (Å²) >= 11 is 0. The van der Waals surface area contributed by atoms with Crippen molar-refractivity contribution in [3.05, 3.63) is 35.9 Å². The molecule has 0 saturated carbocycles. The summed E-state index contributed by atoms with van der Waals surface area (Å²) in [5.41, 5.74) is 6.46. The highest BCUT2D eigenvalue weighted by Gasteiger charge is 2.24. The lowest BCUT2D eigenvalue weighted by atomic mass is 9.93. The van der Waals surface area contributed by atoms with Crippen LogP contribution >= 0.6 is 0 Å². The molecule has 5 N–H and O–H groups in total. The van der Waals surface area contributed by atoms with Crippen LogP contribution in [0.3, 0.4) is 0 Å². The molecule has 0 spiro atoms. The van der Waals surface area contributed by atoms with E-state index in [0.717, 1.165) is 5.56 Å². The van der Waals surface area contributed by atoms with E-state index in [1.165, 1.54) is 0 Å². The lowest BCUT2D eigenvalue weighted by Gasteiger charge is -2.25. The first-order valence-corrected chi connectivity index (χ1v) is 6.39. The molecule has 0 aliphatic rings. The number of hydrogen-bond acceptors (Lipinski definition) is 4. The van der Waals surface area contributed by atoms with Crippen LogP contribution in [0.4, 0.5) is 0 Å². The molecule has 20 heavy (non-hydrogen) atoms. The second-order valence-corrected chi connectivity index (χ2v) is 4.70. The summed E-state index contributed by atoms with van der Waals surface area (Å²) in [6, 6.07) is 7.80. The molecule has 0 aromatic heterocycles. The van der Waals surface area contributed by atoms with Crippen LogP contribution < -0.4 is 11.1 Å². The Morgan fingerprint density at radius 3 is 2.40 bits per heavy atom. The minimum absolute atomic E-state index is 0.109. The molecule has 0 radical (unpaired) electrons. The SMILES string of the molecule is CC(c1ccccc1)C(CO)NC(=O)[C@@H](N)CC(=O)O. The van der Waals surface area contributed by atoms with Crippen molar-refractivity contribution in [2.45, 2.75) is 31.3 Å². The number of aliphatic carboxylic acids is 1. The number of rotatable bonds is 7. The van der Waals surface area contributed by atoms with Gasteiger partial charge in [0.1, 0.15) is 0 Å². The van der Waals surface area contributed by atoms with Crippen LogP contribution in [-0.2, 0) is 9.59 Å². The summed E-state index contributed by atoms with van der Waals surface area (Å²) in [4.78, 5) is 22.3. The van der Waals surface area contributed by atoms with Gasteiger partial charge in [-0.3, -0.25) is 9.59 Å². The summed E-state index contributed by atoms with van der Waals surface area (Å²) < 4.78 is 0. The van der Waals surface area contributed by atoms with Gasteiger partial charge < -0.3 is 21.3 Å². The van der Waals surface area contributed by atoms with E-state index in [1.54, 1.807) is 0 Å². The number of carboxylic acid groups (broad SMARTS) is 1. The van der Waals surface area contributed by atoms with Crippen molar-refractivity contribution in [1.82, 2.24) is 5.32 Å². The highest BCUT2D eigenvalue weighted by atomic mass is 16.4. The van der Waals surface area contributed by atoms with Gasteiger partial charge in [-0.2, -0.15) is 0 Å². The van der Waals surface area contributed by atoms with E-state index < -0.39 is 30.4 Å². The third kappa shape index (κ3) is 4.64. The number of carbonyl (C=O) groups excluding carboxylic acids is 1. The van der Waals surface area contributed by atoms with Gasteiger partial charge in [-0.05, 0) is 5.56 Å².